The second-order valence-corrected chi connectivity index (χ2v) is 7.75. The first kappa shape index (κ1) is 18.3. The Morgan fingerprint density at radius 1 is 1.23 bits per heavy atom. The van der Waals surface area contributed by atoms with Gasteiger partial charge in [0.05, 0.1) is 17.1 Å². The lowest BCUT2D eigenvalue weighted by Gasteiger charge is -2.31. The predicted octanol–water partition coefficient (Wildman–Crippen LogP) is 2.12. The van der Waals surface area contributed by atoms with E-state index in [2.05, 4.69) is 15.6 Å². The fourth-order valence-corrected chi connectivity index (χ4v) is 4.03. The standard InChI is InChI=1S/C16H19N5O3S2/c17-12(22)8-11-9-26-15(18-11)20-14(23)10-3-5-21(6-4-10)16(24)19-13-2-1-7-25-13/h1-2,7,9-10H,3-6,8H2,(H2,17,22)(H,19,24)(H,18,20,23). The van der Waals surface area contributed by atoms with Crippen LogP contribution in [0, 0.1) is 5.92 Å². The van der Waals surface area contributed by atoms with Crippen LogP contribution < -0.4 is 16.4 Å². The van der Waals surface area contributed by atoms with Crippen LogP contribution in [0.1, 0.15) is 18.5 Å². The van der Waals surface area contributed by atoms with Crippen LogP contribution in [0.25, 0.3) is 0 Å². The molecular formula is C16H19N5O3S2. The molecule has 2 aromatic heterocycles. The molecule has 1 aliphatic heterocycles. The molecule has 3 rings (SSSR count). The van der Waals surface area contributed by atoms with E-state index in [0.29, 0.717) is 36.8 Å². The Morgan fingerprint density at radius 2 is 2.00 bits per heavy atom. The van der Waals surface area contributed by atoms with E-state index < -0.39 is 5.91 Å². The zero-order chi connectivity index (χ0) is 18.5. The molecule has 0 radical (unpaired) electrons. The van der Waals surface area contributed by atoms with Crippen molar-refractivity contribution < 1.29 is 14.4 Å². The van der Waals surface area contributed by atoms with Gasteiger partial charge in [0, 0.05) is 24.4 Å². The molecule has 0 bridgehead atoms. The lowest BCUT2D eigenvalue weighted by molar-refractivity contribution is -0.121. The summed E-state index contributed by atoms with van der Waals surface area (Å²) >= 11 is 2.74. The van der Waals surface area contributed by atoms with Crippen molar-refractivity contribution in [2.24, 2.45) is 11.7 Å². The van der Waals surface area contributed by atoms with Gasteiger partial charge in [-0.15, -0.1) is 22.7 Å². The lowest BCUT2D eigenvalue weighted by atomic mass is 9.96. The molecule has 0 aromatic carbocycles. The van der Waals surface area contributed by atoms with Crippen molar-refractivity contribution >= 4 is 50.7 Å². The van der Waals surface area contributed by atoms with Gasteiger partial charge in [0.1, 0.15) is 0 Å². The largest absolute Gasteiger partial charge is 0.369 e. The molecule has 1 saturated heterocycles. The molecule has 138 valence electrons. The summed E-state index contributed by atoms with van der Waals surface area (Å²) in [6, 6.07) is 3.59. The summed E-state index contributed by atoms with van der Waals surface area (Å²) in [6.45, 7) is 1.06. The minimum absolute atomic E-state index is 0.0596. The average Bonchev–Trinajstić information content (AvgIpc) is 3.26. The van der Waals surface area contributed by atoms with Crippen LogP contribution >= 0.6 is 22.7 Å². The summed E-state index contributed by atoms with van der Waals surface area (Å²) in [4.78, 5) is 41.4. The monoisotopic (exact) mass is 393 g/mol. The summed E-state index contributed by atoms with van der Waals surface area (Å²) in [6.07, 6.45) is 1.26. The number of anilines is 2. The maximum absolute atomic E-state index is 12.4. The first-order chi connectivity index (χ1) is 12.5. The minimum Gasteiger partial charge on any atom is -0.369 e. The third kappa shape index (κ3) is 4.79. The number of carbonyl (C=O) groups is 3. The summed E-state index contributed by atoms with van der Waals surface area (Å²) in [5.74, 6) is -0.728. The van der Waals surface area contributed by atoms with Crippen molar-refractivity contribution in [2.45, 2.75) is 19.3 Å². The van der Waals surface area contributed by atoms with Gasteiger partial charge < -0.3 is 16.0 Å². The Kier molecular flexibility index (Phi) is 5.84. The molecule has 4 N–H and O–H groups in total. The molecular weight excluding hydrogens is 374 g/mol. The number of primary amides is 1. The normalized spacial score (nSPS) is 14.8. The molecule has 1 fully saturated rings. The summed E-state index contributed by atoms with van der Waals surface area (Å²) in [7, 11) is 0. The number of nitrogens with two attached hydrogens (primary N) is 1. The molecule has 2 aromatic rings. The van der Waals surface area contributed by atoms with Gasteiger partial charge in [-0.2, -0.15) is 0 Å². The van der Waals surface area contributed by atoms with Gasteiger partial charge >= 0.3 is 6.03 Å². The van der Waals surface area contributed by atoms with E-state index >= 15 is 0 Å². The summed E-state index contributed by atoms with van der Waals surface area (Å²) < 4.78 is 0. The summed E-state index contributed by atoms with van der Waals surface area (Å²) in [5.41, 5.74) is 5.69. The quantitative estimate of drug-likeness (QED) is 0.721. The number of amides is 4. The second kappa shape index (κ2) is 8.28. The zero-order valence-electron chi connectivity index (χ0n) is 13.9. The fraction of sp³-hybridized carbons (Fsp3) is 0.375. The van der Waals surface area contributed by atoms with E-state index in [-0.39, 0.29) is 24.3 Å². The van der Waals surface area contributed by atoms with Gasteiger partial charge in [0.25, 0.3) is 0 Å². The molecule has 10 heteroatoms. The highest BCUT2D eigenvalue weighted by atomic mass is 32.1. The van der Waals surface area contributed by atoms with E-state index in [1.165, 1.54) is 22.7 Å². The highest BCUT2D eigenvalue weighted by Gasteiger charge is 2.28. The molecule has 8 nitrogen and oxygen atoms in total. The number of hydrogen-bond acceptors (Lipinski definition) is 6. The number of aromatic nitrogens is 1. The SMILES string of the molecule is NC(=O)Cc1csc(NC(=O)C2CCN(C(=O)Nc3cccs3)CC2)n1. The van der Waals surface area contributed by atoms with Crippen molar-refractivity contribution in [2.75, 3.05) is 23.7 Å². The van der Waals surface area contributed by atoms with Crippen LogP contribution in [0.2, 0.25) is 0 Å². The van der Waals surface area contributed by atoms with Crippen LogP contribution in [0.5, 0.6) is 0 Å². The Balaban J connectivity index is 1.46. The highest BCUT2D eigenvalue weighted by Crippen LogP contribution is 2.23. The van der Waals surface area contributed by atoms with Crippen LogP contribution in [0.15, 0.2) is 22.9 Å². The lowest BCUT2D eigenvalue weighted by Crippen LogP contribution is -2.43. The number of rotatable bonds is 5. The fourth-order valence-electron chi connectivity index (χ4n) is 2.71. The van der Waals surface area contributed by atoms with E-state index in [9.17, 15) is 14.4 Å². The molecule has 0 atom stereocenters. The Bertz CT molecular complexity index is 782. The van der Waals surface area contributed by atoms with Crippen LogP contribution in [0.3, 0.4) is 0 Å². The third-order valence-corrected chi connectivity index (χ3v) is 5.63. The Labute approximate surface area is 158 Å². The van der Waals surface area contributed by atoms with Gasteiger partial charge in [0.2, 0.25) is 11.8 Å². The number of piperidine rings is 1. The van der Waals surface area contributed by atoms with Gasteiger partial charge in [-0.25, -0.2) is 9.78 Å². The third-order valence-electron chi connectivity index (χ3n) is 4.04. The van der Waals surface area contributed by atoms with E-state index in [1.54, 1.807) is 10.3 Å². The number of hydrogen-bond donors (Lipinski definition) is 3. The predicted molar refractivity (Wildman–Crippen MR) is 101 cm³/mol. The first-order valence-corrected chi connectivity index (χ1v) is 9.90. The van der Waals surface area contributed by atoms with Gasteiger partial charge in [0.15, 0.2) is 5.13 Å². The first-order valence-electron chi connectivity index (χ1n) is 8.14. The van der Waals surface area contributed by atoms with Gasteiger partial charge in [-0.1, -0.05) is 0 Å². The maximum atomic E-state index is 12.4. The number of carbonyl (C=O) groups excluding carboxylic acids is 3. The molecule has 1 aliphatic rings. The molecule has 0 aliphatic carbocycles. The average molecular weight is 393 g/mol. The molecule has 3 heterocycles. The van der Waals surface area contributed by atoms with Crippen LogP contribution in [0.4, 0.5) is 14.9 Å². The maximum Gasteiger partial charge on any atom is 0.322 e. The number of thiophene rings is 1. The van der Waals surface area contributed by atoms with Crippen molar-refractivity contribution in [3.05, 3.63) is 28.6 Å². The Hall–Kier alpha value is -2.46. The zero-order valence-corrected chi connectivity index (χ0v) is 15.6. The molecule has 4 amide bonds. The van der Waals surface area contributed by atoms with Crippen LogP contribution in [-0.2, 0) is 16.0 Å². The summed E-state index contributed by atoms with van der Waals surface area (Å²) in [5, 5.41) is 10.5. The van der Waals surface area contributed by atoms with Crippen molar-refractivity contribution in [3.63, 3.8) is 0 Å². The van der Waals surface area contributed by atoms with E-state index in [1.807, 2.05) is 17.5 Å². The van der Waals surface area contributed by atoms with Gasteiger partial charge in [-0.3, -0.25) is 14.9 Å². The van der Waals surface area contributed by atoms with Crippen molar-refractivity contribution in [1.29, 1.82) is 0 Å². The highest BCUT2D eigenvalue weighted by molar-refractivity contribution is 7.14. The number of likely N-dealkylation sites (tertiary alicyclic amines) is 1. The van der Waals surface area contributed by atoms with Crippen molar-refractivity contribution in [1.82, 2.24) is 9.88 Å². The van der Waals surface area contributed by atoms with E-state index in [4.69, 9.17) is 5.73 Å². The van der Waals surface area contributed by atoms with Crippen molar-refractivity contribution in [3.8, 4) is 0 Å². The number of urea groups is 1. The number of thiazole rings is 1. The molecule has 0 spiro atoms. The minimum atomic E-state index is -0.457. The van der Waals surface area contributed by atoms with E-state index in [0.717, 1.165) is 5.00 Å². The molecule has 0 saturated carbocycles. The molecule has 0 unspecified atom stereocenters. The number of nitrogens with one attached hydrogen (secondary N) is 2. The van der Waals surface area contributed by atoms with Crippen LogP contribution in [-0.4, -0.2) is 40.8 Å². The second-order valence-electron chi connectivity index (χ2n) is 5.95. The molecule has 26 heavy (non-hydrogen) atoms. The number of nitrogens with zero attached hydrogens (tertiary/aromatic N) is 2. The Morgan fingerprint density at radius 3 is 2.65 bits per heavy atom. The topological polar surface area (TPSA) is 117 Å². The van der Waals surface area contributed by atoms with Gasteiger partial charge in [-0.05, 0) is 30.4 Å². The smallest absolute Gasteiger partial charge is 0.322 e.